The lowest BCUT2D eigenvalue weighted by Gasteiger charge is -2.40. The Morgan fingerprint density at radius 1 is 0.606 bits per heavy atom. The van der Waals surface area contributed by atoms with Gasteiger partial charge in [0.1, 0.15) is 47.8 Å². The minimum Gasteiger partial charge on any atom is -0.351 e. The third-order valence-corrected chi connectivity index (χ3v) is 22.6. The second-order valence-electron chi connectivity index (χ2n) is 29.5. The van der Waals surface area contributed by atoms with Crippen molar-refractivity contribution in [2.45, 2.75) is 267 Å². The van der Waals surface area contributed by atoms with Gasteiger partial charge in [0.05, 0.1) is 19.0 Å². The molecular weight excluding hydrogens is 1240 g/mol. The predicted molar refractivity (Wildman–Crippen MR) is 348 cm³/mol. The zero-order valence-corrected chi connectivity index (χ0v) is 58.2. The summed E-state index contributed by atoms with van der Waals surface area (Å²) in [5.74, 6) is -8.54. The zero-order valence-electron chi connectivity index (χ0n) is 57.4. The normalized spacial score (nSPS) is 32.7. The van der Waals surface area contributed by atoms with Crippen LogP contribution in [0.5, 0.6) is 0 Å². The molecule has 0 aromatic rings. The molecule has 3 heterocycles. The fourth-order valence-electron chi connectivity index (χ4n) is 16.0. The predicted octanol–water partition coefficient (Wildman–Crippen LogP) is 6.20. The molecule has 5 N–H and O–H groups in total. The van der Waals surface area contributed by atoms with E-state index in [2.05, 4.69) is 33.5 Å². The third kappa shape index (κ3) is 18.9. The number of rotatable bonds is 10. The fraction of sp³-hybridized carbons (Fsp3) is 0.838. The van der Waals surface area contributed by atoms with Gasteiger partial charge in [0.25, 0.3) is 0 Å². The summed E-state index contributed by atoms with van der Waals surface area (Å²) in [5.41, 5.74) is -1.46. The molecule has 26 heteroatoms. The van der Waals surface area contributed by atoms with Crippen molar-refractivity contribution in [3.8, 4) is 0 Å². The number of fused-ring (bicyclic) bond motifs is 2. The van der Waals surface area contributed by atoms with Gasteiger partial charge in [-0.1, -0.05) is 92.4 Å². The van der Waals surface area contributed by atoms with Gasteiger partial charge >= 0.3 is 6.18 Å². The van der Waals surface area contributed by atoms with Gasteiger partial charge < -0.3 is 56.0 Å². The Labute approximate surface area is 559 Å². The Kier molecular flexibility index (Phi) is 26.9. The summed E-state index contributed by atoms with van der Waals surface area (Å²) < 4.78 is 42.0. The molecule has 7 fully saturated rings. The summed E-state index contributed by atoms with van der Waals surface area (Å²) in [5, 5.41) is 13.4. The number of carbonyl (C=O) groups excluding carboxylic acids is 11. The number of nitrogens with zero attached hydrogens (tertiary/aromatic N) is 6. The topological polar surface area (TPSA) is 267 Å². The first kappa shape index (κ1) is 75.6. The van der Waals surface area contributed by atoms with Crippen LogP contribution in [0.25, 0.3) is 0 Å². The molecular formula is C68H109ClF3N11O11. The van der Waals surface area contributed by atoms with Gasteiger partial charge in [0.2, 0.25) is 65.0 Å². The lowest BCUT2D eigenvalue weighted by atomic mass is 9.78. The van der Waals surface area contributed by atoms with E-state index >= 15 is 24.0 Å². The molecule has 94 heavy (non-hydrogen) atoms. The van der Waals surface area contributed by atoms with Gasteiger partial charge in [-0.15, -0.1) is 11.6 Å². The molecule has 22 nitrogen and oxygen atoms in total. The summed E-state index contributed by atoms with van der Waals surface area (Å²) in [6.45, 7) is 10.5. The standard InChI is InChI=1S/C68H109ClF3N11O11/c1-11-42(5)57-62(90)73-38-55(85)78(7)39-56(86)80(9)53(37-45-24-22-41(4)23-25-45)65(93)83-33-16-20-50(83)59(87)75-49(29-27-44-26-28-47(48(69)36-44)68(70,71)72)64(92)82-32-17-21-51(82)61(89)77-67(30-14-15-31-67)66(94)81(10)58(46-18-12-13-19-46)63(91)74-43(6)35-54(84)79(8)52(34-40(2)3)60(88)76-57/h40-53,57-58H,11-39H2,1-10H3,(H,73,90)(H,74,91)(H,75,87)(H,76,88)(H,77,89)/t41?,42-,43+,44?,45?,47?,48?,49-,50+,51-,52-,53-,57-,58-/m0/s1. The number of likely N-dealkylation sites (N-methyl/N-ethyl adjacent to an activating group) is 4. The van der Waals surface area contributed by atoms with E-state index in [4.69, 9.17) is 11.6 Å². The average molecular weight is 1350 g/mol. The van der Waals surface area contributed by atoms with Crippen LogP contribution in [0, 0.1) is 41.4 Å². The number of carbonyl (C=O) groups is 11. The Morgan fingerprint density at radius 2 is 1.20 bits per heavy atom. The van der Waals surface area contributed by atoms with Crippen molar-refractivity contribution < 1.29 is 65.9 Å². The van der Waals surface area contributed by atoms with Gasteiger partial charge in [-0.25, -0.2) is 0 Å². The van der Waals surface area contributed by atoms with E-state index < -0.39 is 155 Å². The van der Waals surface area contributed by atoms with E-state index in [9.17, 15) is 41.9 Å². The first-order chi connectivity index (χ1) is 44.3. The Hall–Kier alpha value is -5.75. The molecule has 4 saturated carbocycles. The van der Waals surface area contributed by atoms with Gasteiger partial charge in [-0.05, 0) is 139 Å². The smallest absolute Gasteiger partial charge is 0.351 e. The number of nitrogens with one attached hydrogen (secondary N) is 5. The number of hydrogen-bond donors (Lipinski definition) is 5. The van der Waals surface area contributed by atoms with E-state index in [0.717, 1.165) is 43.4 Å². The number of amides is 11. The lowest BCUT2D eigenvalue weighted by Crippen LogP contribution is -2.64. The quantitative estimate of drug-likeness (QED) is 0.154. The summed E-state index contributed by atoms with van der Waals surface area (Å²) in [6.07, 6.45) is 5.66. The van der Waals surface area contributed by atoms with Crippen molar-refractivity contribution in [2.24, 2.45) is 41.4 Å². The van der Waals surface area contributed by atoms with Crippen molar-refractivity contribution >= 4 is 76.6 Å². The highest BCUT2D eigenvalue weighted by atomic mass is 35.5. The van der Waals surface area contributed by atoms with Crippen molar-refractivity contribution in [3.05, 3.63) is 0 Å². The number of alkyl halides is 4. The van der Waals surface area contributed by atoms with Crippen LogP contribution >= 0.6 is 11.6 Å². The minimum atomic E-state index is -4.49. The molecule has 530 valence electrons. The van der Waals surface area contributed by atoms with E-state index in [1.807, 2.05) is 20.8 Å². The van der Waals surface area contributed by atoms with Gasteiger partial charge in [0, 0.05) is 59.1 Å². The van der Waals surface area contributed by atoms with Crippen molar-refractivity contribution in [1.29, 1.82) is 0 Å². The monoisotopic (exact) mass is 1350 g/mol. The van der Waals surface area contributed by atoms with E-state index in [1.165, 1.54) is 45.6 Å². The molecule has 4 aliphatic carbocycles. The molecule has 7 aliphatic rings. The van der Waals surface area contributed by atoms with Gasteiger partial charge in [-0.2, -0.15) is 13.2 Å². The fourth-order valence-corrected chi connectivity index (χ4v) is 16.5. The largest absolute Gasteiger partial charge is 0.393 e. The highest BCUT2D eigenvalue weighted by Gasteiger charge is 2.52. The van der Waals surface area contributed by atoms with E-state index in [-0.39, 0.29) is 114 Å². The zero-order chi connectivity index (χ0) is 69.1. The summed E-state index contributed by atoms with van der Waals surface area (Å²) in [4.78, 5) is 170. The Morgan fingerprint density at radius 3 is 1.80 bits per heavy atom. The highest BCUT2D eigenvalue weighted by Crippen LogP contribution is 2.44. The molecule has 0 radical (unpaired) electrons. The maximum Gasteiger partial charge on any atom is 0.393 e. The Bertz CT molecular complexity index is 2710. The average Bonchev–Trinajstić information content (AvgIpc) is 1.54. The molecule has 0 bridgehead atoms. The van der Waals surface area contributed by atoms with Gasteiger partial charge in [-0.3, -0.25) is 52.7 Å². The van der Waals surface area contributed by atoms with Crippen LogP contribution in [-0.2, 0) is 52.7 Å². The third-order valence-electron chi connectivity index (χ3n) is 22.1. The van der Waals surface area contributed by atoms with Crippen LogP contribution in [-0.4, -0.2) is 214 Å². The highest BCUT2D eigenvalue weighted by molar-refractivity contribution is 6.20. The molecule has 1 spiro atoms. The van der Waals surface area contributed by atoms with Crippen LogP contribution < -0.4 is 26.6 Å². The molecule has 0 aromatic carbocycles. The molecule has 7 rings (SSSR count). The van der Waals surface area contributed by atoms with E-state index in [1.54, 1.807) is 20.9 Å². The second-order valence-corrected chi connectivity index (χ2v) is 30.1. The summed E-state index contributed by atoms with van der Waals surface area (Å²) >= 11 is 6.42. The molecule has 3 unspecified atom stereocenters. The van der Waals surface area contributed by atoms with Crippen LogP contribution in [0.4, 0.5) is 13.2 Å². The van der Waals surface area contributed by atoms with Crippen molar-refractivity contribution in [2.75, 3.05) is 54.4 Å². The van der Waals surface area contributed by atoms with Crippen LogP contribution in [0.15, 0.2) is 0 Å². The van der Waals surface area contributed by atoms with Crippen molar-refractivity contribution in [1.82, 2.24) is 56.0 Å². The summed E-state index contributed by atoms with van der Waals surface area (Å²) in [6, 6.07) is -8.51. The molecule has 3 aliphatic heterocycles. The maximum absolute atomic E-state index is 15.3. The number of halogens is 4. The maximum atomic E-state index is 15.3. The molecule has 3 saturated heterocycles. The first-order valence-corrected chi connectivity index (χ1v) is 35.6. The van der Waals surface area contributed by atoms with Crippen LogP contribution in [0.3, 0.4) is 0 Å². The molecule has 12 atom stereocenters. The van der Waals surface area contributed by atoms with E-state index in [0.29, 0.717) is 50.9 Å². The van der Waals surface area contributed by atoms with Crippen molar-refractivity contribution in [3.63, 3.8) is 0 Å². The first-order valence-electron chi connectivity index (χ1n) is 35.2. The molecule has 0 aromatic heterocycles. The minimum absolute atomic E-state index is 0.0219. The van der Waals surface area contributed by atoms with Gasteiger partial charge in [0.15, 0.2) is 0 Å². The number of hydrogen-bond acceptors (Lipinski definition) is 11. The summed E-state index contributed by atoms with van der Waals surface area (Å²) in [7, 11) is 5.95. The van der Waals surface area contributed by atoms with Crippen LogP contribution in [0.2, 0.25) is 0 Å². The molecule has 11 amide bonds. The lowest BCUT2D eigenvalue weighted by molar-refractivity contribution is -0.182. The second kappa shape index (κ2) is 33.5. The Balaban J connectivity index is 1.23. The van der Waals surface area contributed by atoms with Crippen LogP contribution in [0.1, 0.15) is 202 Å². The SMILES string of the molecule is CC[C@H](C)[C@@H]1NC(=O)[C@H](CC(C)C)N(C)C(=O)C[C@@H](C)NC(=O)[C@H](C2CCCC2)N(C)C(=O)C2(CCCC2)NC(=O)[C@@H]2CCCN2C(=O)[C@H](CCC2CCC(C(F)(F)F)C(Cl)C2)NC(=O)[C@H]2CCCN2C(=O)[C@H](CC2CCC(C)CC2)N(C)C(=O)CN(C)C(=O)CNC1=O.